The fraction of sp³-hybridized carbons (Fsp3) is 0.647. The van der Waals surface area contributed by atoms with Crippen LogP contribution in [0.2, 0.25) is 5.02 Å². The first kappa shape index (κ1) is 17.5. The van der Waals surface area contributed by atoms with Crippen LogP contribution in [0.15, 0.2) is 24.3 Å². The molecule has 0 aliphatic carbocycles. The monoisotopic (exact) mass is 297 g/mol. The van der Waals surface area contributed by atoms with Crippen LogP contribution >= 0.6 is 11.6 Å². The summed E-state index contributed by atoms with van der Waals surface area (Å²) in [6, 6.07) is 8.32. The number of hydrogen-bond donors (Lipinski definition) is 1. The van der Waals surface area contributed by atoms with E-state index in [-0.39, 0.29) is 17.6 Å². The zero-order valence-electron chi connectivity index (χ0n) is 13.4. The summed E-state index contributed by atoms with van der Waals surface area (Å²) in [4.78, 5) is 0. The van der Waals surface area contributed by atoms with Gasteiger partial charge in [-0.2, -0.15) is 0 Å². The van der Waals surface area contributed by atoms with Gasteiger partial charge in [0.1, 0.15) is 0 Å². The van der Waals surface area contributed by atoms with Gasteiger partial charge in [-0.15, -0.1) is 0 Å². The van der Waals surface area contributed by atoms with Gasteiger partial charge in [0.15, 0.2) is 0 Å². The van der Waals surface area contributed by atoms with E-state index in [2.05, 4.69) is 46.0 Å². The number of likely N-dealkylation sites (N-methyl/N-ethyl adjacent to an activating group) is 1. The predicted molar refractivity (Wildman–Crippen MR) is 87.5 cm³/mol. The second-order valence-corrected chi connectivity index (χ2v) is 6.61. The Bertz CT molecular complexity index is 400. The molecule has 0 spiro atoms. The summed E-state index contributed by atoms with van der Waals surface area (Å²) in [7, 11) is 0. The third-order valence-electron chi connectivity index (χ3n) is 3.43. The Morgan fingerprint density at radius 3 is 2.35 bits per heavy atom. The molecule has 1 rings (SSSR count). The van der Waals surface area contributed by atoms with Crippen molar-refractivity contribution >= 4 is 11.6 Å². The van der Waals surface area contributed by atoms with E-state index in [1.807, 2.05) is 18.2 Å². The molecule has 0 bridgehead atoms. The minimum Gasteiger partial charge on any atom is -0.376 e. The molecule has 3 heteroatoms. The van der Waals surface area contributed by atoms with Gasteiger partial charge in [0.25, 0.3) is 0 Å². The normalized spacial score (nSPS) is 15.1. The summed E-state index contributed by atoms with van der Waals surface area (Å²) in [5, 5.41) is 4.40. The van der Waals surface area contributed by atoms with Gasteiger partial charge in [0, 0.05) is 17.7 Å². The summed E-state index contributed by atoms with van der Waals surface area (Å²) in [6.45, 7) is 12.5. The number of rotatable bonds is 7. The maximum atomic E-state index is 6.30. The molecule has 2 atom stereocenters. The summed E-state index contributed by atoms with van der Waals surface area (Å²) < 4.78 is 6.03. The lowest BCUT2D eigenvalue weighted by atomic mass is 9.82. The van der Waals surface area contributed by atoms with Gasteiger partial charge in [0.05, 0.1) is 6.10 Å². The van der Waals surface area contributed by atoms with E-state index in [9.17, 15) is 0 Å². The molecule has 0 fully saturated rings. The average molecular weight is 298 g/mol. The third kappa shape index (κ3) is 5.08. The Morgan fingerprint density at radius 2 is 1.85 bits per heavy atom. The molecule has 0 radical (unpaired) electrons. The first-order valence-electron chi connectivity index (χ1n) is 7.48. The van der Waals surface area contributed by atoms with Crippen molar-refractivity contribution in [3.05, 3.63) is 34.9 Å². The molecule has 114 valence electrons. The van der Waals surface area contributed by atoms with Crippen molar-refractivity contribution < 1.29 is 4.74 Å². The Labute approximate surface area is 128 Å². The largest absolute Gasteiger partial charge is 0.376 e. The fourth-order valence-electron chi connectivity index (χ4n) is 2.60. The van der Waals surface area contributed by atoms with Crippen LogP contribution in [-0.4, -0.2) is 25.3 Å². The van der Waals surface area contributed by atoms with Gasteiger partial charge >= 0.3 is 0 Å². The van der Waals surface area contributed by atoms with Crippen molar-refractivity contribution in [3.63, 3.8) is 0 Å². The van der Waals surface area contributed by atoms with Crippen LogP contribution in [0.5, 0.6) is 0 Å². The number of halogens is 1. The van der Waals surface area contributed by atoms with E-state index in [0.29, 0.717) is 0 Å². The second kappa shape index (κ2) is 8.02. The number of ether oxygens (including phenoxy) is 1. The smallest absolute Gasteiger partial charge is 0.0779 e. The topological polar surface area (TPSA) is 21.3 Å². The highest BCUT2D eigenvalue weighted by Crippen LogP contribution is 2.28. The Morgan fingerprint density at radius 1 is 1.20 bits per heavy atom. The lowest BCUT2D eigenvalue weighted by molar-refractivity contribution is -0.0352. The van der Waals surface area contributed by atoms with Crippen molar-refractivity contribution in [2.24, 2.45) is 5.41 Å². The van der Waals surface area contributed by atoms with Crippen molar-refractivity contribution in [1.29, 1.82) is 0 Å². The zero-order valence-corrected chi connectivity index (χ0v) is 14.1. The van der Waals surface area contributed by atoms with Gasteiger partial charge in [-0.1, -0.05) is 57.5 Å². The highest BCUT2D eigenvalue weighted by atomic mass is 35.5. The number of nitrogens with one attached hydrogen (secondary N) is 1. The quantitative estimate of drug-likeness (QED) is 0.809. The van der Waals surface area contributed by atoms with Crippen molar-refractivity contribution in [2.45, 2.75) is 53.2 Å². The van der Waals surface area contributed by atoms with Gasteiger partial charge in [-0.25, -0.2) is 0 Å². The molecule has 1 N–H and O–H groups in total. The van der Waals surface area contributed by atoms with E-state index >= 15 is 0 Å². The standard InChI is InChI=1S/C17H28ClNO/c1-6-19-15(16(20-7-2)17(3,4)5)12-13-10-8-9-11-14(13)18/h8-11,15-16,19H,6-7,12H2,1-5H3. The predicted octanol–water partition coefficient (Wildman–Crippen LogP) is 4.31. The van der Waals surface area contributed by atoms with Crippen LogP contribution in [0.25, 0.3) is 0 Å². The third-order valence-corrected chi connectivity index (χ3v) is 3.80. The summed E-state index contributed by atoms with van der Waals surface area (Å²) >= 11 is 6.30. The van der Waals surface area contributed by atoms with Crippen molar-refractivity contribution in [1.82, 2.24) is 5.32 Å². The summed E-state index contributed by atoms with van der Waals surface area (Å²) in [5.74, 6) is 0. The Balaban J connectivity index is 2.94. The van der Waals surface area contributed by atoms with Gasteiger partial charge in [0.2, 0.25) is 0 Å². The molecule has 0 saturated heterocycles. The minimum absolute atomic E-state index is 0.0874. The van der Waals surface area contributed by atoms with E-state index < -0.39 is 0 Å². The van der Waals surface area contributed by atoms with Crippen molar-refractivity contribution in [3.8, 4) is 0 Å². The lowest BCUT2D eigenvalue weighted by Gasteiger charge is -2.37. The molecule has 1 aromatic rings. The highest BCUT2D eigenvalue weighted by Gasteiger charge is 2.32. The molecule has 0 aromatic heterocycles. The molecule has 0 aliphatic rings. The number of benzene rings is 1. The van der Waals surface area contributed by atoms with Crippen LogP contribution in [0.1, 0.15) is 40.2 Å². The Kier molecular flexibility index (Phi) is 7.01. The number of hydrogen-bond acceptors (Lipinski definition) is 2. The van der Waals surface area contributed by atoms with Crippen LogP contribution in [-0.2, 0) is 11.2 Å². The minimum atomic E-state index is 0.0874. The van der Waals surface area contributed by atoms with Gasteiger partial charge in [-0.05, 0) is 36.9 Å². The van der Waals surface area contributed by atoms with E-state index in [1.54, 1.807) is 0 Å². The molecule has 0 amide bonds. The highest BCUT2D eigenvalue weighted by molar-refractivity contribution is 6.31. The molecular formula is C17H28ClNO. The average Bonchev–Trinajstić information content (AvgIpc) is 2.37. The summed E-state index contributed by atoms with van der Waals surface area (Å²) in [6.07, 6.45) is 1.04. The van der Waals surface area contributed by atoms with Crippen LogP contribution in [0.4, 0.5) is 0 Å². The fourth-order valence-corrected chi connectivity index (χ4v) is 2.81. The van der Waals surface area contributed by atoms with Crippen LogP contribution < -0.4 is 5.32 Å². The maximum Gasteiger partial charge on any atom is 0.0779 e. The lowest BCUT2D eigenvalue weighted by Crippen LogP contribution is -2.49. The van der Waals surface area contributed by atoms with Gasteiger partial charge < -0.3 is 10.1 Å². The zero-order chi connectivity index (χ0) is 15.2. The van der Waals surface area contributed by atoms with Crippen LogP contribution in [0.3, 0.4) is 0 Å². The molecule has 0 heterocycles. The second-order valence-electron chi connectivity index (χ2n) is 6.20. The molecular weight excluding hydrogens is 270 g/mol. The molecule has 20 heavy (non-hydrogen) atoms. The van der Waals surface area contributed by atoms with Crippen LogP contribution in [0, 0.1) is 5.41 Å². The van der Waals surface area contributed by atoms with Gasteiger partial charge in [-0.3, -0.25) is 0 Å². The maximum absolute atomic E-state index is 6.30. The molecule has 1 aromatic carbocycles. The van der Waals surface area contributed by atoms with E-state index in [4.69, 9.17) is 16.3 Å². The molecule has 2 unspecified atom stereocenters. The Hall–Kier alpha value is -0.570. The first-order valence-corrected chi connectivity index (χ1v) is 7.86. The summed E-state index contributed by atoms with van der Waals surface area (Å²) in [5.41, 5.74) is 1.26. The first-order chi connectivity index (χ1) is 9.40. The molecule has 0 aliphatic heterocycles. The van der Waals surface area contributed by atoms with Crippen molar-refractivity contribution in [2.75, 3.05) is 13.2 Å². The molecule has 0 saturated carbocycles. The SMILES string of the molecule is CCNC(Cc1ccccc1Cl)C(OCC)C(C)(C)C. The molecule has 2 nitrogen and oxygen atoms in total. The van der Waals surface area contributed by atoms with E-state index in [1.165, 1.54) is 5.56 Å². The van der Waals surface area contributed by atoms with E-state index in [0.717, 1.165) is 24.6 Å².